The van der Waals surface area contributed by atoms with Gasteiger partial charge in [0.25, 0.3) is 0 Å². The molecule has 2 heterocycles. The maximum Gasteiger partial charge on any atom is 0.415 e. The minimum absolute atomic E-state index is 0.0376. The third-order valence-electron chi connectivity index (χ3n) is 7.83. The van der Waals surface area contributed by atoms with Crippen molar-refractivity contribution in [2.45, 2.75) is 63.6 Å². The van der Waals surface area contributed by atoms with Gasteiger partial charge in [-0.2, -0.15) is 8.78 Å². The third-order valence-corrected chi connectivity index (χ3v) is 7.83. The number of rotatable bonds is 7. The molecule has 0 unspecified atom stereocenters. The average molecular weight is 574 g/mol. The van der Waals surface area contributed by atoms with Gasteiger partial charge in [0.15, 0.2) is 11.5 Å². The number of carbonyl (C=O) groups excluding carboxylic acids is 1. The molecule has 1 amide bonds. The zero-order chi connectivity index (χ0) is 29.7. The summed E-state index contributed by atoms with van der Waals surface area (Å²) >= 11 is 0. The van der Waals surface area contributed by atoms with Crippen LogP contribution in [0, 0.1) is 12.7 Å². The highest BCUT2D eigenvalue weighted by Crippen LogP contribution is 2.44. The van der Waals surface area contributed by atoms with Crippen molar-refractivity contribution in [3.8, 4) is 11.5 Å². The van der Waals surface area contributed by atoms with Crippen molar-refractivity contribution in [2.24, 2.45) is 0 Å². The number of ether oxygens (including phenoxy) is 2. The summed E-state index contributed by atoms with van der Waals surface area (Å²) in [5.41, 5.74) is -3.15. The molecule has 1 saturated heterocycles. The lowest BCUT2D eigenvalue weighted by Gasteiger charge is -2.35. The number of methoxy groups -OCH3 is 1. The van der Waals surface area contributed by atoms with Crippen LogP contribution in [0.5, 0.6) is 11.5 Å². The van der Waals surface area contributed by atoms with E-state index in [0.29, 0.717) is 41.4 Å². The number of aromatic nitrogens is 2. The third kappa shape index (κ3) is 5.26. The summed E-state index contributed by atoms with van der Waals surface area (Å²) < 4.78 is 56.5. The van der Waals surface area contributed by atoms with E-state index in [1.54, 1.807) is 30.9 Å². The molecule has 1 saturated carbocycles. The van der Waals surface area contributed by atoms with Gasteiger partial charge < -0.3 is 25.2 Å². The van der Waals surface area contributed by atoms with Crippen molar-refractivity contribution in [2.75, 3.05) is 32.1 Å². The van der Waals surface area contributed by atoms with E-state index >= 15 is 4.39 Å². The molecule has 220 valence electrons. The number of alkyl halides is 2. The molecule has 3 aromatic rings. The van der Waals surface area contributed by atoms with Gasteiger partial charge in [0.2, 0.25) is 0 Å². The van der Waals surface area contributed by atoms with Crippen LogP contribution in [0.3, 0.4) is 0 Å². The fraction of sp³-hybridized carbons (Fsp3) is 0.483. The zero-order valence-corrected chi connectivity index (χ0v) is 23.6. The molecule has 2 fully saturated rings. The Kier molecular flexibility index (Phi) is 7.27. The topological polar surface area (TPSA) is 109 Å². The molecule has 2 aliphatic rings. The predicted octanol–water partition coefficient (Wildman–Crippen LogP) is 5.06. The Hall–Kier alpha value is -3.64. The van der Waals surface area contributed by atoms with Crippen LogP contribution >= 0.6 is 0 Å². The Labute approximate surface area is 236 Å². The number of carbonyl (C=O) groups is 1. The molecule has 1 atom stereocenters. The van der Waals surface area contributed by atoms with Gasteiger partial charge in [0.1, 0.15) is 23.1 Å². The molecular weight excluding hydrogens is 539 g/mol. The SMILES string of the molecule is COc1cc2nc(C)nc(N[C@H](C)c3cccc(C(F)(F)C(C)(C)O)c3F)c2cc1OC(=O)N1CCNCC12CC2. The average Bonchev–Trinajstić information content (AvgIpc) is 3.67. The maximum absolute atomic E-state index is 15.4. The molecule has 1 aromatic heterocycles. The van der Waals surface area contributed by atoms with Crippen LogP contribution in [0.15, 0.2) is 30.3 Å². The van der Waals surface area contributed by atoms with Gasteiger partial charge in [-0.15, -0.1) is 0 Å². The highest BCUT2D eigenvalue weighted by molar-refractivity contribution is 5.92. The van der Waals surface area contributed by atoms with E-state index < -0.39 is 35.0 Å². The van der Waals surface area contributed by atoms with Gasteiger partial charge >= 0.3 is 12.0 Å². The smallest absolute Gasteiger partial charge is 0.415 e. The summed E-state index contributed by atoms with van der Waals surface area (Å²) in [5.74, 6) is -3.80. The number of hydrogen-bond donors (Lipinski definition) is 3. The monoisotopic (exact) mass is 573 g/mol. The molecular formula is C29H34F3N5O4. The summed E-state index contributed by atoms with van der Waals surface area (Å²) in [6.07, 6.45) is 1.33. The Bertz CT molecular complexity index is 1490. The van der Waals surface area contributed by atoms with Crippen molar-refractivity contribution in [1.29, 1.82) is 0 Å². The second kappa shape index (κ2) is 10.3. The summed E-state index contributed by atoms with van der Waals surface area (Å²) in [7, 11) is 1.46. The van der Waals surface area contributed by atoms with Crippen molar-refractivity contribution >= 4 is 22.8 Å². The van der Waals surface area contributed by atoms with Crippen LogP contribution in [-0.4, -0.2) is 64.0 Å². The molecule has 3 N–H and O–H groups in total. The Balaban J connectivity index is 1.48. The largest absolute Gasteiger partial charge is 0.493 e. The minimum Gasteiger partial charge on any atom is -0.493 e. The molecule has 1 spiro atoms. The summed E-state index contributed by atoms with van der Waals surface area (Å²) in [6.45, 7) is 7.07. The lowest BCUT2D eigenvalue weighted by Crippen LogP contribution is -2.56. The van der Waals surface area contributed by atoms with E-state index in [1.807, 2.05) is 0 Å². The summed E-state index contributed by atoms with van der Waals surface area (Å²) in [5, 5.41) is 16.9. The number of piperazine rings is 1. The highest BCUT2D eigenvalue weighted by atomic mass is 19.3. The lowest BCUT2D eigenvalue weighted by molar-refractivity contribution is -0.170. The molecule has 1 aliphatic heterocycles. The van der Waals surface area contributed by atoms with Gasteiger partial charge in [-0.3, -0.25) is 4.90 Å². The Morgan fingerprint density at radius 2 is 1.95 bits per heavy atom. The van der Waals surface area contributed by atoms with Crippen LogP contribution in [0.2, 0.25) is 0 Å². The van der Waals surface area contributed by atoms with Crippen molar-refractivity contribution in [3.63, 3.8) is 0 Å². The molecule has 5 rings (SSSR count). The van der Waals surface area contributed by atoms with Crippen molar-refractivity contribution in [3.05, 3.63) is 53.1 Å². The van der Waals surface area contributed by atoms with Crippen molar-refractivity contribution in [1.82, 2.24) is 20.2 Å². The first-order chi connectivity index (χ1) is 19.3. The number of aliphatic hydroxyl groups is 1. The van der Waals surface area contributed by atoms with E-state index in [1.165, 1.54) is 19.2 Å². The van der Waals surface area contributed by atoms with Crippen LogP contribution in [0.1, 0.15) is 56.6 Å². The molecule has 0 radical (unpaired) electrons. The number of fused-ring (bicyclic) bond motifs is 1. The van der Waals surface area contributed by atoms with E-state index in [-0.39, 0.29) is 16.9 Å². The molecule has 2 aromatic carbocycles. The molecule has 41 heavy (non-hydrogen) atoms. The zero-order valence-electron chi connectivity index (χ0n) is 23.6. The first-order valence-corrected chi connectivity index (χ1v) is 13.5. The molecule has 1 aliphatic carbocycles. The Morgan fingerprint density at radius 3 is 2.61 bits per heavy atom. The number of halogens is 3. The number of hydrogen-bond acceptors (Lipinski definition) is 8. The second-order valence-corrected chi connectivity index (χ2v) is 11.3. The highest BCUT2D eigenvalue weighted by Gasteiger charge is 2.52. The van der Waals surface area contributed by atoms with Crippen LogP contribution in [-0.2, 0) is 5.92 Å². The number of nitrogens with one attached hydrogen (secondary N) is 2. The van der Waals surface area contributed by atoms with Gasteiger partial charge in [0.05, 0.1) is 29.8 Å². The van der Waals surface area contributed by atoms with Gasteiger partial charge in [0, 0.05) is 36.7 Å². The number of anilines is 1. The van der Waals surface area contributed by atoms with Crippen LogP contribution in [0.4, 0.5) is 23.8 Å². The molecule has 12 heteroatoms. The molecule has 9 nitrogen and oxygen atoms in total. The Morgan fingerprint density at radius 1 is 1.22 bits per heavy atom. The second-order valence-electron chi connectivity index (χ2n) is 11.3. The lowest BCUT2D eigenvalue weighted by atomic mass is 9.91. The first kappa shape index (κ1) is 28.9. The number of nitrogens with zero attached hydrogens (tertiary/aromatic N) is 3. The fourth-order valence-corrected chi connectivity index (χ4v) is 5.21. The van der Waals surface area contributed by atoms with E-state index in [9.17, 15) is 18.7 Å². The normalized spacial score (nSPS) is 17.4. The molecule has 0 bridgehead atoms. The van der Waals surface area contributed by atoms with E-state index in [2.05, 4.69) is 20.6 Å². The summed E-state index contributed by atoms with van der Waals surface area (Å²) in [6, 6.07) is 6.07. The fourth-order valence-electron chi connectivity index (χ4n) is 5.21. The van der Waals surface area contributed by atoms with Gasteiger partial charge in [-0.1, -0.05) is 12.1 Å². The predicted molar refractivity (Wildman–Crippen MR) is 147 cm³/mol. The number of aryl methyl sites for hydroxylation is 1. The van der Waals surface area contributed by atoms with Crippen molar-refractivity contribution < 1.29 is 32.5 Å². The standard InChI is InChI=1S/C29H34F3N5O4/c1-16(18-7-6-8-20(24(18)30)29(31,32)27(3,4)39)34-25-19-13-23(22(40-5)14-21(19)35-17(2)36-25)41-26(38)37-12-11-33-15-28(37)9-10-28/h6-8,13-14,16,33,39H,9-12,15H2,1-5H3,(H,34,35,36)/t16-/m1/s1. The summed E-state index contributed by atoms with van der Waals surface area (Å²) in [4.78, 5) is 23.9. The number of benzene rings is 2. The maximum atomic E-state index is 15.4. The van der Waals surface area contributed by atoms with Crippen LogP contribution in [0.25, 0.3) is 10.9 Å². The van der Waals surface area contributed by atoms with E-state index in [0.717, 1.165) is 39.3 Å². The van der Waals surface area contributed by atoms with Crippen LogP contribution < -0.4 is 20.1 Å². The minimum atomic E-state index is -3.83. The van der Waals surface area contributed by atoms with Gasteiger partial charge in [-0.25, -0.2) is 19.2 Å². The number of amides is 1. The first-order valence-electron chi connectivity index (χ1n) is 13.5. The van der Waals surface area contributed by atoms with Gasteiger partial charge in [-0.05, 0) is 52.7 Å². The van der Waals surface area contributed by atoms with E-state index in [4.69, 9.17) is 9.47 Å². The quantitative estimate of drug-likeness (QED) is 0.360.